The lowest BCUT2D eigenvalue weighted by Crippen LogP contribution is -2.33. The van der Waals surface area contributed by atoms with Crippen molar-refractivity contribution in [3.05, 3.63) is 34.9 Å². The largest absolute Gasteiger partial charge is 0.469 e. The van der Waals surface area contributed by atoms with Gasteiger partial charge in [-0.1, -0.05) is 6.07 Å². The lowest BCUT2D eigenvalue weighted by atomic mass is 9.98. The highest BCUT2D eigenvalue weighted by molar-refractivity contribution is 5.95. The Labute approximate surface area is 149 Å². The van der Waals surface area contributed by atoms with E-state index in [1.165, 1.54) is 7.11 Å². The molecule has 1 aromatic carbocycles. The van der Waals surface area contributed by atoms with Gasteiger partial charge in [-0.15, -0.1) is 0 Å². The zero-order chi connectivity index (χ0) is 18.8. The standard InChI is InChI=1S/C11H13NO2.C8H15NO2/c1-8-3-4-10(7-9(8)2)11(14)12-5-6-13;1-9-5-3-7(4-6-9)8(10)11-2/h3-4,6-7H,5H2,1-2H3,(H,12,14);7H,3-6H2,1-2H3. The van der Waals surface area contributed by atoms with Gasteiger partial charge in [0.05, 0.1) is 19.6 Å². The number of nitrogens with zero attached hydrogens (tertiary/aromatic N) is 1. The van der Waals surface area contributed by atoms with Gasteiger partial charge in [0.25, 0.3) is 5.91 Å². The van der Waals surface area contributed by atoms with Crippen molar-refractivity contribution in [2.45, 2.75) is 26.7 Å². The fourth-order valence-corrected chi connectivity index (χ4v) is 2.53. The van der Waals surface area contributed by atoms with E-state index in [0.717, 1.165) is 37.1 Å². The molecule has 2 rings (SSSR count). The number of carbonyl (C=O) groups is 3. The van der Waals surface area contributed by atoms with Gasteiger partial charge in [0.2, 0.25) is 0 Å². The first-order valence-corrected chi connectivity index (χ1v) is 8.44. The van der Waals surface area contributed by atoms with Crippen molar-refractivity contribution < 1.29 is 19.1 Å². The van der Waals surface area contributed by atoms with E-state index in [-0.39, 0.29) is 24.3 Å². The number of methoxy groups -OCH3 is 1. The van der Waals surface area contributed by atoms with Crippen LogP contribution in [-0.4, -0.2) is 56.9 Å². The Morgan fingerprint density at radius 3 is 2.40 bits per heavy atom. The van der Waals surface area contributed by atoms with Crippen LogP contribution in [0.2, 0.25) is 0 Å². The molecule has 138 valence electrons. The zero-order valence-corrected chi connectivity index (χ0v) is 15.5. The number of hydrogen-bond donors (Lipinski definition) is 1. The normalized spacial score (nSPS) is 14.9. The van der Waals surface area contributed by atoms with E-state index in [0.29, 0.717) is 11.8 Å². The van der Waals surface area contributed by atoms with Gasteiger partial charge in [-0.2, -0.15) is 0 Å². The van der Waals surface area contributed by atoms with Crippen molar-refractivity contribution in [3.8, 4) is 0 Å². The molecule has 1 aliphatic heterocycles. The van der Waals surface area contributed by atoms with E-state index in [1.807, 2.05) is 26.0 Å². The van der Waals surface area contributed by atoms with E-state index in [4.69, 9.17) is 0 Å². The molecule has 1 fully saturated rings. The minimum absolute atomic E-state index is 0.0434. The number of rotatable bonds is 4. The second kappa shape index (κ2) is 10.6. The second-order valence-corrected chi connectivity index (χ2v) is 6.28. The molecule has 1 aromatic rings. The summed E-state index contributed by atoms with van der Waals surface area (Å²) >= 11 is 0. The van der Waals surface area contributed by atoms with Crippen LogP contribution in [0.3, 0.4) is 0 Å². The number of likely N-dealkylation sites (tertiary alicyclic amines) is 1. The quantitative estimate of drug-likeness (QED) is 0.662. The molecule has 1 aliphatic rings. The number of aryl methyl sites for hydroxylation is 2. The number of piperidine rings is 1. The highest BCUT2D eigenvalue weighted by Gasteiger charge is 2.23. The number of nitrogens with one attached hydrogen (secondary N) is 1. The number of aldehydes is 1. The Morgan fingerprint density at radius 2 is 1.88 bits per heavy atom. The van der Waals surface area contributed by atoms with Crippen molar-refractivity contribution >= 4 is 18.2 Å². The molecule has 1 amide bonds. The number of ether oxygens (including phenoxy) is 1. The van der Waals surface area contributed by atoms with Crippen LogP contribution in [0.5, 0.6) is 0 Å². The molecule has 6 nitrogen and oxygen atoms in total. The molecule has 0 aromatic heterocycles. The Kier molecular flexibility index (Phi) is 8.84. The molecule has 0 bridgehead atoms. The molecule has 1 N–H and O–H groups in total. The number of amides is 1. The van der Waals surface area contributed by atoms with E-state index >= 15 is 0 Å². The average Bonchev–Trinajstić information content (AvgIpc) is 2.62. The Hall–Kier alpha value is -2.21. The van der Waals surface area contributed by atoms with Gasteiger partial charge in [-0.3, -0.25) is 9.59 Å². The summed E-state index contributed by atoms with van der Waals surface area (Å²) in [6.07, 6.45) is 2.56. The van der Waals surface area contributed by atoms with Crippen LogP contribution in [0.4, 0.5) is 0 Å². The third-order valence-corrected chi connectivity index (χ3v) is 4.37. The Bertz CT molecular complexity index is 593. The topological polar surface area (TPSA) is 75.7 Å². The minimum atomic E-state index is -0.208. The summed E-state index contributed by atoms with van der Waals surface area (Å²) in [5.41, 5.74) is 2.82. The smallest absolute Gasteiger partial charge is 0.308 e. The maximum absolute atomic E-state index is 11.4. The number of benzene rings is 1. The van der Waals surface area contributed by atoms with Gasteiger partial charge < -0.3 is 19.7 Å². The Morgan fingerprint density at radius 1 is 1.24 bits per heavy atom. The lowest BCUT2D eigenvalue weighted by Gasteiger charge is -2.26. The molecule has 0 radical (unpaired) electrons. The SMILES string of the molecule is COC(=O)C1CCN(C)CC1.Cc1ccc(C(=O)NCC=O)cc1C. The fourth-order valence-electron chi connectivity index (χ4n) is 2.53. The second-order valence-electron chi connectivity index (χ2n) is 6.28. The van der Waals surface area contributed by atoms with Crippen LogP contribution in [0.1, 0.15) is 34.3 Å². The van der Waals surface area contributed by atoms with Gasteiger partial charge in [0, 0.05) is 5.56 Å². The molecular formula is C19H28N2O4. The van der Waals surface area contributed by atoms with Crippen LogP contribution in [0.15, 0.2) is 18.2 Å². The van der Waals surface area contributed by atoms with Crippen molar-refractivity contribution in [1.82, 2.24) is 10.2 Å². The summed E-state index contributed by atoms with van der Waals surface area (Å²) < 4.78 is 4.67. The van der Waals surface area contributed by atoms with Gasteiger partial charge in [0.15, 0.2) is 0 Å². The first-order chi connectivity index (χ1) is 11.9. The predicted octanol–water partition coefficient (Wildman–Crippen LogP) is 1.73. The van der Waals surface area contributed by atoms with Gasteiger partial charge in [-0.05, 0) is 70.1 Å². The number of carbonyl (C=O) groups excluding carboxylic acids is 3. The first kappa shape index (κ1) is 20.8. The van der Waals surface area contributed by atoms with Crippen LogP contribution in [0, 0.1) is 19.8 Å². The minimum Gasteiger partial charge on any atom is -0.469 e. The molecule has 0 aliphatic carbocycles. The van der Waals surface area contributed by atoms with Crippen LogP contribution >= 0.6 is 0 Å². The van der Waals surface area contributed by atoms with Gasteiger partial charge >= 0.3 is 5.97 Å². The monoisotopic (exact) mass is 348 g/mol. The summed E-state index contributed by atoms with van der Waals surface area (Å²) in [7, 11) is 3.54. The molecule has 0 saturated carbocycles. The summed E-state index contributed by atoms with van der Waals surface area (Å²) in [6.45, 7) is 6.03. The molecular weight excluding hydrogens is 320 g/mol. The summed E-state index contributed by atoms with van der Waals surface area (Å²) in [5, 5.41) is 2.49. The highest BCUT2D eigenvalue weighted by atomic mass is 16.5. The molecule has 0 unspecified atom stereocenters. The van der Waals surface area contributed by atoms with E-state index < -0.39 is 0 Å². The van der Waals surface area contributed by atoms with E-state index in [1.54, 1.807) is 6.07 Å². The third kappa shape index (κ3) is 7.05. The summed E-state index contributed by atoms with van der Waals surface area (Å²) in [4.78, 5) is 34.7. The van der Waals surface area contributed by atoms with Gasteiger partial charge in [0.1, 0.15) is 6.29 Å². The Balaban J connectivity index is 0.000000257. The molecule has 1 saturated heterocycles. The van der Waals surface area contributed by atoms with Crippen molar-refractivity contribution in [3.63, 3.8) is 0 Å². The maximum atomic E-state index is 11.4. The molecule has 25 heavy (non-hydrogen) atoms. The molecule has 1 heterocycles. The van der Waals surface area contributed by atoms with Crippen molar-refractivity contribution in [2.75, 3.05) is 33.8 Å². The number of esters is 1. The predicted molar refractivity (Wildman–Crippen MR) is 96.6 cm³/mol. The highest BCUT2D eigenvalue weighted by Crippen LogP contribution is 2.16. The van der Waals surface area contributed by atoms with E-state index in [2.05, 4.69) is 22.0 Å². The number of hydrogen-bond acceptors (Lipinski definition) is 5. The van der Waals surface area contributed by atoms with E-state index in [9.17, 15) is 14.4 Å². The zero-order valence-electron chi connectivity index (χ0n) is 15.5. The third-order valence-electron chi connectivity index (χ3n) is 4.37. The summed E-state index contributed by atoms with van der Waals surface area (Å²) in [5.74, 6) is -0.102. The fraction of sp³-hybridized carbons (Fsp3) is 0.526. The molecule has 0 spiro atoms. The molecule has 0 atom stereocenters. The maximum Gasteiger partial charge on any atom is 0.308 e. The average molecular weight is 348 g/mol. The first-order valence-electron chi connectivity index (χ1n) is 8.44. The van der Waals surface area contributed by atoms with Crippen LogP contribution < -0.4 is 5.32 Å². The van der Waals surface area contributed by atoms with Crippen molar-refractivity contribution in [1.29, 1.82) is 0 Å². The van der Waals surface area contributed by atoms with Crippen LogP contribution in [-0.2, 0) is 14.3 Å². The van der Waals surface area contributed by atoms with Crippen LogP contribution in [0.25, 0.3) is 0 Å². The molecule has 6 heteroatoms. The van der Waals surface area contributed by atoms with Crippen molar-refractivity contribution in [2.24, 2.45) is 5.92 Å². The lowest BCUT2D eigenvalue weighted by molar-refractivity contribution is -0.146. The van der Waals surface area contributed by atoms with Gasteiger partial charge in [-0.25, -0.2) is 0 Å². The summed E-state index contributed by atoms with van der Waals surface area (Å²) in [6, 6.07) is 5.46.